The highest BCUT2D eigenvalue weighted by molar-refractivity contribution is 6.00. The minimum atomic E-state index is -0.616. The molecule has 1 atom stereocenters. The third kappa shape index (κ3) is 6.19. The first-order valence-electron chi connectivity index (χ1n) is 13.7. The molecule has 0 radical (unpaired) electrons. The van der Waals surface area contributed by atoms with Crippen molar-refractivity contribution in [1.29, 1.82) is 0 Å². The van der Waals surface area contributed by atoms with Gasteiger partial charge in [-0.25, -0.2) is 4.79 Å². The summed E-state index contributed by atoms with van der Waals surface area (Å²) in [5.74, 6) is 0.399. The van der Waals surface area contributed by atoms with Crippen molar-refractivity contribution in [2.45, 2.75) is 64.1 Å². The standard InChI is InChI=1S/C30H40N4O5/c1-20-8-5-6-9-24(20)34(30(31)37)25-16-11-21(18-26(25)38-3)19-28(35)33-17-7-10-27(33)32(2)23-14-12-22(13-15-23)29(36)39-4/h5-6,8-9,11,16,18,22-23,27H,7,10,12-15,17,19H2,1-4H3,(H2,31,37). The van der Waals surface area contributed by atoms with Gasteiger partial charge in [0.05, 0.1) is 44.1 Å². The molecule has 9 nitrogen and oxygen atoms in total. The molecule has 2 aromatic rings. The third-order valence-corrected chi connectivity index (χ3v) is 8.24. The Bertz CT molecular complexity index is 1190. The van der Waals surface area contributed by atoms with E-state index in [1.165, 1.54) is 12.0 Å². The monoisotopic (exact) mass is 536 g/mol. The van der Waals surface area contributed by atoms with E-state index in [0.717, 1.165) is 56.2 Å². The Balaban J connectivity index is 1.46. The molecule has 39 heavy (non-hydrogen) atoms. The molecule has 0 aromatic heterocycles. The summed E-state index contributed by atoms with van der Waals surface area (Å²) in [6, 6.07) is 12.7. The van der Waals surface area contributed by atoms with Crippen LogP contribution in [-0.2, 0) is 20.7 Å². The van der Waals surface area contributed by atoms with E-state index in [-0.39, 0.29) is 30.4 Å². The summed E-state index contributed by atoms with van der Waals surface area (Å²) in [7, 11) is 5.09. The molecular weight excluding hydrogens is 496 g/mol. The van der Waals surface area contributed by atoms with Crippen LogP contribution in [-0.4, -0.2) is 67.7 Å². The molecule has 1 heterocycles. The number of aryl methyl sites for hydroxylation is 1. The Kier molecular flexibility index (Phi) is 9.12. The highest BCUT2D eigenvalue weighted by atomic mass is 16.5. The fourth-order valence-corrected chi connectivity index (χ4v) is 6.07. The number of primary amides is 1. The second-order valence-corrected chi connectivity index (χ2v) is 10.5. The van der Waals surface area contributed by atoms with E-state index in [2.05, 4.69) is 11.9 Å². The summed E-state index contributed by atoms with van der Waals surface area (Å²) in [6.45, 7) is 2.64. The van der Waals surface area contributed by atoms with Gasteiger partial charge in [0.1, 0.15) is 5.75 Å². The first kappa shape index (κ1) is 28.4. The molecule has 2 fully saturated rings. The fourth-order valence-electron chi connectivity index (χ4n) is 6.07. The van der Waals surface area contributed by atoms with Crippen LogP contribution in [0.15, 0.2) is 42.5 Å². The number of rotatable bonds is 8. The number of anilines is 2. The second-order valence-electron chi connectivity index (χ2n) is 10.5. The van der Waals surface area contributed by atoms with Crippen LogP contribution in [0.5, 0.6) is 5.75 Å². The summed E-state index contributed by atoms with van der Waals surface area (Å²) in [4.78, 5) is 43.6. The van der Waals surface area contributed by atoms with Gasteiger partial charge in [0.2, 0.25) is 5.91 Å². The minimum Gasteiger partial charge on any atom is -0.495 e. The normalized spacial score (nSPS) is 21.1. The highest BCUT2D eigenvalue weighted by Gasteiger charge is 2.37. The van der Waals surface area contributed by atoms with Gasteiger partial charge < -0.3 is 20.1 Å². The molecule has 2 aliphatic rings. The summed E-state index contributed by atoms with van der Waals surface area (Å²) in [5.41, 5.74) is 8.68. The van der Waals surface area contributed by atoms with Gasteiger partial charge in [0.25, 0.3) is 0 Å². The van der Waals surface area contributed by atoms with Crippen molar-refractivity contribution in [2.24, 2.45) is 11.7 Å². The van der Waals surface area contributed by atoms with E-state index >= 15 is 0 Å². The van der Waals surface area contributed by atoms with Crippen LogP contribution in [0.4, 0.5) is 16.2 Å². The molecule has 210 valence electrons. The van der Waals surface area contributed by atoms with Crippen molar-refractivity contribution in [3.05, 3.63) is 53.6 Å². The maximum Gasteiger partial charge on any atom is 0.324 e. The van der Waals surface area contributed by atoms with Gasteiger partial charge in [0.15, 0.2) is 0 Å². The zero-order chi connectivity index (χ0) is 28.1. The predicted molar refractivity (Wildman–Crippen MR) is 150 cm³/mol. The lowest BCUT2D eigenvalue weighted by Crippen LogP contribution is -2.51. The summed E-state index contributed by atoms with van der Waals surface area (Å²) in [5, 5.41) is 0. The van der Waals surface area contributed by atoms with Crippen LogP contribution < -0.4 is 15.4 Å². The van der Waals surface area contributed by atoms with Gasteiger partial charge in [-0.15, -0.1) is 0 Å². The lowest BCUT2D eigenvalue weighted by atomic mass is 9.85. The molecule has 1 aliphatic carbocycles. The van der Waals surface area contributed by atoms with Crippen LogP contribution in [0.1, 0.15) is 49.7 Å². The highest BCUT2D eigenvalue weighted by Crippen LogP contribution is 2.37. The fraction of sp³-hybridized carbons (Fsp3) is 0.500. The van der Waals surface area contributed by atoms with Crippen molar-refractivity contribution in [2.75, 3.05) is 32.7 Å². The number of amides is 3. The van der Waals surface area contributed by atoms with Crippen molar-refractivity contribution in [1.82, 2.24) is 9.80 Å². The first-order valence-corrected chi connectivity index (χ1v) is 13.7. The Labute approximate surface area is 230 Å². The molecule has 0 spiro atoms. The number of nitrogens with zero attached hydrogens (tertiary/aromatic N) is 3. The number of carbonyl (C=O) groups excluding carboxylic acids is 3. The molecule has 2 aromatic carbocycles. The van der Waals surface area contributed by atoms with Gasteiger partial charge in [-0.3, -0.25) is 19.4 Å². The van der Waals surface area contributed by atoms with Crippen LogP contribution >= 0.6 is 0 Å². The summed E-state index contributed by atoms with van der Waals surface area (Å²) < 4.78 is 10.6. The second kappa shape index (κ2) is 12.5. The van der Waals surface area contributed by atoms with Crippen LogP contribution in [0.3, 0.4) is 0 Å². The maximum absolute atomic E-state index is 13.5. The molecule has 3 amide bonds. The van der Waals surface area contributed by atoms with Crippen molar-refractivity contribution >= 4 is 29.3 Å². The number of hydrogen-bond donors (Lipinski definition) is 1. The van der Waals surface area contributed by atoms with E-state index in [4.69, 9.17) is 15.2 Å². The van der Waals surface area contributed by atoms with Crippen molar-refractivity contribution < 1.29 is 23.9 Å². The molecule has 1 saturated carbocycles. The van der Waals surface area contributed by atoms with Crippen molar-refractivity contribution in [3.63, 3.8) is 0 Å². The van der Waals surface area contributed by atoms with Gasteiger partial charge in [0, 0.05) is 12.6 Å². The van der Waals surface area contributed by atoms with Crippen molar-refractivity contribution in [3.8, 4) is 5.75 Å². The SMILES string of the molecule is COC(=O)C1CCC(N(C)C2CCCN2C(=O)Cc2ccc(N(C(N)=O)c3ccccc3C)c(OC)c2)CC1. The average molecular weight is 537 g/mol. The number of esters is 1. The maximum atomic E-state index is 13.5. The molecule has 1 unspecified atom stereocenters. The quantitative estimate of drug-likeness (QED) is 0.502. The summed E-state index contributed by atoms with van der Waals surface area (Å²) >= 11 is 0. The number of carbonyl (C=O) groups is 3. The lowest BCUT2D eigenvalue weighted by molar-refractivity contribution is -0.147. The number of para-hydroxylation sites is 1. The number of methoxy groups -OCH3 is 2. The Hall–Kier alpha value is -3.59. The van der Waals surface area contributed by atoms with Crippen LogP contribution in [0.2, 0.25) is 0 Å². The van der Waals surface area contributed by atoms with Crippen LogP contribution in [0.25, 0.3) is 0 Å². The minimum absolute atomic E-state index is 0.0183. The number of nitrogens with two attached hydrogens (primary N) is 1. The van der Waals surface area contributed by atoms with E-state index < -0.39 is 6.03 Å². The molecule has 4 rings (SSSR count). The average Bonchev–Trinajstić information content (AvgIpc) is 3.44. The van der Waals surface area contributed by atoms with E-state index in [1.807, 2.05) is 48.2 Å². The van der Waals surface area contributed by atoms with Crippen LogP contribution in [0, 0.1) is 12.8 Å². The largest absolute Gasteiger partial charge is 0.495 e. The molecule has 1 aliphatic heterocycles. The van der Waals surface area contributed by atoms with Gasteiger partial charge >= 0.3 is 12.0 Å². The molecule has 0 bridgehead atoms. The number of benzene rings is 2. The molecular formula is C30H40N4O5. The van der Waals surface area contributed by atoms with Gasteiger partial charge in [-0.05, 0) is 81.8 Å². The topological polar surface area (TPSA) is 105 Å². The molecule has 2 N–H and O–H groups in total. The number of likely N-dealkylation sites (tertiary alicyclic amines) is 1. The zero-order valence-electron chi connectivity index (χ0n) is 23.4. The zero-order valence-corrected chi connectivity index (χ0v) is 23.4. The van der Waals surface area contributed by atoms with E-state index in [1.54, 1.807) is 13.2 Å². The Morgan fingerprint density at radius 2 is 1.72 bits per heavy atom. The number of hydrogen-bond acceptors (Lipinski definition) is 6. The van der Waals surface area contributed by atoms with E-state index in [0.29, 0.717) is 23.2 Å². The summed E-state index contributed by atoms with van der Waals surface area (Å²) in [6.07, 6.45) is 5.66. The third-order valence-electron chi connectivity index (χ3n) is 8.24. The molecule has 9 heteroatoms. The predicted octanol–water partition coefficient (Wildman–Crippen LogP) is 4.38. The van der Waals surface area contributed by atoms with Gasteiger partial charge in [-0.1, -0.05) is 24.3 Å². The smallest absolute Gasteiger partial charge is 0.324 e. The molecule has 1 saturated heterocycles. The first-order chi connectivity index (χ1) is 18.7. The van der Waals surface area contributed by atoms with Gasteiger partial charge in [-0.2, -0.15) is 0 Å². The Morgan fingerprint density at radius 1 is 1.00 bits per heavy atom. The number of urea groups is 1. The number of ether oxygens (including phenoxy) is 2. The lowest BCUT2D eigenvalue weighted by Gasteiger charge is -2.40. The van der Waals surface area contributed by atoms with E-state index in [9.17, 15) is 14.4 Å². The Morgan fingerprint density at radius 3 is 2.36 bits per heavy atom.